The van der Waals surface area contributed by atoms with E-state index in [2.05, 4.69) is 32.9 Å². The molecular weight excluding hydrogens is 457 g/mol. The average Bonchev–Trinajstić information content (AvgIpc) is 3.04. The summed E-state index contributed by atoms with van der Waals surface area (Å²) in [6.07, 6.45) is 3.56. The van der Waals surface area contributed by atoms with Crippen molar-refractivity contribution in [1.29, 1.82) is 0 Å². The lowest BCUT2D eigenvalue weighted by Gasteiger charge is -2.09. The van der Waals surface area contributed by atoms with Gasteiger partial charge in [0.1, 0.15) is 0 Å². The summed E-state index contributed by atoms with van der Waals surface area (Å²) in [5.41, 5.74) is 1.74. The highest BCUT2D eigenvalue weighted by Gasteiger charge is 2.10. The van der Waals surface area contributed by atoms with E-state index in [9.17, 15) is 4.79 Å². The monoisotopic (exact) mass is 469 g/mol. The average molecular weight is 470 g/mol. The molecule has 0 aliphatic rings. The summed E-state index contributed by atoms with van der Waals surface area (Å²) in [5.74, 6) is 0.215. The normalized spacial score (nSPS) is 10.6. The lowest BCUT2D eigenvalue weighted by molar-refractivity contribution is -0.113. The van der Waals surface area contributed by atoms with E-state index >= 15 is 0 Å². The third-order valence-electron chi connectivity index (χ3n) is 3.17. The maximum absolute atomic E-state index is 12.2. The van der Waals surface area contributed by atoms with Crippen LogP contribution in [-0.4, -0.2) is 21.2 Å². The molecule has 7 heteroatoms. The molecule has 3 rings (SSSR count). The number of thioether (sulfide) groups is 1. The van der Waals surface area contributed by atoms with Crippen LogP contribution in [0.15, 0.2) is 66.1 Å². The third-order valence-corrected chi connectivity index (χ3v) is 5.32. The summed E-state index contributed by atoms with van der Waals surface area (Å²) in [6.45, 7) is 0. The van der Waals surface area contributed by atoms with Crippen LogP contribution in [0.2, 0.25) is 5.02 Å². The van der Waals surface area contributed by atoms with Crippen LogP contribution in [0, 0.1) is 3.57 Å². The van der Waals surface area contributed by atoms with Crippen molar-refractivity contribution in [2.75, 3.05) is 11.1 Å². The van der Waals surface area contributed by atoms with E-state index in [4.69, 9.17) is 11.6 Å². The quantitative estimate of drug-likeness (QED) is 0.429. The van der Waals surface area contributed by atoms with Crippen LogP contribution >= 0.6 is 46.0 Å². The number of halogens is 2. The molecule has 1 N–H and O–H groups in total. The van der Waals surface area contributed by atoms with Crippen molar-refractivity contribution in [3.8, 4) is 5.69 Å². The topological polar surface area (TPSA) is 46.9 Å². The van der Waals surface area contributed by atoms with E-state index < -0.39 is 0 Å². The fourth-order valence-corrected chi connectivity index (χ4v) is 3.58. The number of imidazole rings is 1. The van der Waals surface area contributed by atoms with E-state index in [1.54, 1.807) is 6.20 Å². The molecule has 2 aromatic carbocycles. The Kier molecular flexibility index (Phi) is 5.80. The molecule has 0 aliphatic carbocycles. The first-order valence-corrected chi connectivity index (χ1v) is 9.54. The largest absolute Gasteiger partial charge is 0.324 e. The summed E-state index contributed by atoms with van der Waals surface area (Å²) in [7, 11) is 0. The maximum atomic E-state index is 12.2. The molecule has 0 radical (unpaired) electrons. The second kappa shape index (κ2) is 8.04. The fourth-order valence-electron chi connectivity index (χ4n) is 2.10. The van der Waals surface area contributed by atoms with Gasteiger partial charge < -0.3 is 5.32 Å². The lowest BCUT2D eigenvalue weighted by atomic mass is 10.3. The number of rotatable bonds is 5. The zero-order chi connectivity index (χ0) is 16.9. The maximum Gasteiger partial charge on any atom is 0.234 e. The van der Waals surface area contributed by atoms with Gasteiger partial charge in [-0.1, -0.05) is 41.6 Å². The highest BCUT2D eigenvalue weighted by atomic mass is 127. The summed E-state index contributed by atoms with van der Waals surface area (Å²) in [6, 6.07) is 15.2. The predicted molar refractivity (Wildman–Crippen MR) is 107 cm³/mol. The number of benzene rings is 2. The van der Waals surface area contributed by atoms with Crippen molar-refractivity contribution in [3.05, 3.63) is 69.5 Å². The Morgan fingerprint density at radius 2 is 2.08 bits per heavy atom. The van der Waals surface area contributed by atoms with Gasteiger partial charge in [0.05, 0.1) is 11.4 Å². The van der Waals surface area contributed by atoms with Gasteiger partial charge in [-0.15, -0.1) is 0 Å². The number of carbonyl (C=O) groups excluding carboxylic acids is 1. The lowest BCUT2D eigenvalue weighted by Crippen LogP contribution is -2.15. The van der Waals surface area contributed by atoms with E-state index in [-0.39, 0.29) is 11.7 Å². The summed E-state index contributed by atoms with van der Waals surface area (Å²) >= 11 is 9.62. The summed E-state index contributed by atoms with van der Waals surface area (Å²) in [4.78, 5) is 16.5. The molecule has 3 aromatic rings. The van der Waals surface area contributed by atoms with Gasteiger partial charge in [0.2, 0.25) is 5.91 Å². The van der Waals surface area contributed by atoms with Gasteiger partial charge in [0.15, 0.2) is 5.16 Å². The van der Waals surface area contributed by atoms with Crippen LogP contribution < -0.4 is 5.32 Å². The van der Waals surface area contributed by atoms with Crippen LogP contribution in [-0.2, 0) is 4.79 Å². The Balaban J connectivity index is 1.67. The molecule has 0 atom stereocenters. The van der Waals surface area contributed by atoms with Crippen molar-refractivity contribution in [1.82, 2.24) is 9.55 Å². The van der Waals surface area contributed by atoms with Crippen molar-refractivity contribution in [2.45, 2.75) is 5.16 Å². The second-order valence-electron chi connectivity index (χ2n) is 4.88. The molecule has 0 saturated heterocycles. The minimum atomic E-state index is -0.0650. The Hall–Kier alpha value is -1.51. The highest BCUT2D eigenvalue weighted by molar-refractivity contribution is 14.1. The van der Waals surface area contributed by atoms with Gasteiger partial charge in [-0.25, -0.2) is 4.98 Å². The molecule has 24 heavy (non-hydrogen) atoms. The molecule has 0 bridgehead atoms. The van der Waals surface area contributed by atoms with Crippen molar-refractivity contribution in [2.24, 2.45) is 0 Å². The second-order valence-corrected chi connectivity index (χ2v) is 7.42. The number of hydrogen-bond donors (Lipinski definition) is 1. The zero-order valence-electron chi connectivity index (χ0n) is 12.4. The number of nitrogens with zero attached hydrogens (tertiary/aromatic N) is 2. The first-order chi connectivity index (χ1) is 11.6. The molecule has 4 nitrogen and oxygen atoms in total. The minimum Gasteiger partial charge on any atom is -0.324 e. The zero-order valence-corrected chi connectivity index (χ0v) is 16.2. The molecule has 0 aliphatic heterocycles. The van der Waals surface area contributed by atoms with E-state index in [1.165, 1.54) is 11.8 Å². The standard InChI is InChI=1S/C17H13ClIN3OS/c18-12-4-3-5-13(10-12)22-9-8-20-17(22)24-11-16(23)21-15-7-2-1-6-14(15)19/h1-10H,11H2,(H,21,23). The number of nitrogens with one attached hydrogen (secondary N) is 1. The number of amides is 1. The first kappa shape index (κ1) is 17.3. The molecule has 1 amide bonds. The van der Waals surface area contributed by atoms with Crippen LogP contribution in [0.3, 0.4) is 0 Å². The van der Waals surface area contributed by atoms with E-state index in [0.717, 1.165) is 20.1 Å². The summed E-state index contributed by atoms with van der Waals surface area (Å²) < 4.78 is 2.92. The Labute approximate surface area is 162 Å². The molecule has 1 heterocycles. The number of para-hydroxylation sites is 1. The molecular formula is C17H13ClIN3OS. The minimum absolute atomic E-state index is 0.0650. The smallest absolute Gasteiger partial charge is 0.234 e. The van der Waals surface area contributed by atoms with Gasteiger partial charge >= 0.3 is 0 Å². The van der Waals surface area contributed by atoms with Crippen molar-refractivity contribution < 1.29 is 4.79 Å². The molecule has 122 valence electrons. The van der Waals surface area contributed by atoms with Gasteiger partial charge in [-0.3, -0.25) is 9.36 Å². The highest BCUT2D eigenvalue weighted by Crippen LogP contribution is 2.23. The fraction of sp³-hybridized carbons (Fsp3) is 0.0588. The van der Waals surface area contributed by atoms with Crippen LogP contribution in [0.5, 0.6) is 0 Å². The van der Waals surface area contributed by atoms with Crippen LogP contribution in [0.4, 0.5) is 5.69 Å². The summed E-state index contributed by atoms with van der Waals surface area (Å²) in [5, 5.41) is 4.32. The molecule has 0 unspecified atom stereocenters. The van der Waals surface area contributed by atoms with Gasteiger partial charge in [-0.2, -0.15) is 0 Å². The SMILES string of the molecule is O=C(CSc1nccn1-c1cccc(Cl)c1)Nc1ccccc1I. The Morgan fingerprint density at radius 1 is 1.25 bits per heavy atom. The van der Waals surface area contributed by atoms with Crippen LogP contribution in [0.25, 0.3) is 5.69 Å². The van der Waals surface area contributed by atoms with E-state index in [1.807, 2.05) is 59.3 Å². The Morgan fingerprint density at radius 3 is 2.88 bits per heavy atom. The number of hydrogen-bond acceptors (Lipinski definition) is 3. The van der Waals surface area contributed by atoms with Crippen molar-refractivity contribution in [3.63, 3.8) is 0 Å². The van der Waals surface area contributed by atoms with Gasteiger partial charge in [0.25, 0.3) is 0 Å². The van der Waals surface area contributed by atoms with Crippen LogP contribution in [0.1, 0.15) is 0 Å². The molecule has 0 fully saturated rings. The van der Waals surface area contributed by atoms with Gasteiger partial charge in [0, 0.05) is 26.7 Å². The first-order valence-electron chi connectivity index (χ1n) is 7.10. The third kappa shape index (κ3) is 4.31. The number of anilines is 1. The molecule has 0 saturated carbocycles. The number of carbonyl (C=O) groups is 1. The predicted octanol–water partition coefficient (Wildman–Crippen LogP) is 4.86. The van der Waals surface area contributed by atoms with Gasteiger partial charge in [-0.05, 0) is 52.9 Å². The Bertz CT molecular complexity index is 868. The number of aromatic nitrogens is 2. The molecule has 0 spiro atoms. The molecule has 1 aromatic heterocycles. The van der Waals surface area contributed by atoms with Crippen molar-refractivity contribution >= 4 is 57.5 Å². The van der Waals surface area contributed by atoms with E-state index in [0.29, 0.717) is 5.02 Å².